The van der Waals surface area contributed by atoms with Crippen LogP contribution in [0.3, 0.4) is 0 Å². The molecule has 2 unspecified atom stereocenters. The maximum Gasteiger partial charge on any atom is 0.0628 e. The van der Waals surface area contributed by atoms with Crippen LogP contribution >= 0.6 is 0 Å². The first kappa shape index (κ1) is 14.1. The molecule has 4 heteroatoms. The van der Waals surface area contributed by atoms with Crippen LogP contribution in [0.4, 0.5) is 0 Å². The highest BCUT2D eigenvalue weighted by molar-refractivity contribution is 5.03. The van der Waals surface area contributed by atoms with Crippen molar-refractivity contribution in [2.75, 3.05) is 19.8 Å². The van der Waals surface area contributed by atoms with E-state index in [1.165, 1.54) is 31.4 Å². The van der Waals surface area contributed by atoms with Gasteiger partial charge in [0.15, 0.2) is 0 Å². The van der Waals surface area contributed by atoms with E-state index in [4.69, 9.17) is 9.84 Å². The van der Waals surface area contributed by atoms with Gasteiger partial charge in [0.05, 0.1) is 18.3 Å². The first-order chi connectivity index (χ1) is 9.86. The lowest BCUT2D eigenvalue weighted by atomic mass is 9.91. The number of hydrogen-bond acceptors (Lipinski definition) is 3. The van der Waals surface area contributed by atoms with Gasteiger partial charge in [-0.25, -0.2) is 0 Å². The third-order valence-electron chi connectivity index (χ3n) is 4.77. The lowest BCUT2D eigenvalue weighted by molar-refractivity contribution is 0.0322. The highest BCUT2D eigenvalue weighted by Gasteiger charge is 2.26. The Bertz CT molecular complexity index is 410. The Morgan fingerprint density at radius 3 is 3.00 bits per heavy atom. The SMILES string of the molecule is CCNC1CCOCC1Cc1ccn(C2CCCC2)n1. The van der Waals surface area contributed by atoms with Crippen LogP contribution in [0.1, 0.15) is 50.8 Å². The largest absolute Gasteiger partial charge is 0.381 e. The van der Waals surface area contributed by atoms with E-state index in [0.29, 0.717) is 18.0 Å². The quantitative estimate of drug-likeness (QED) is 0.899. The lowest BCUT2D eigenvalue weighted by Crippen LogP contribution is -2.43. The van der Waals surface area contributed by atoms with E-state index in [2.05, 4.69) is 29.2 Å². The molecule has 2 fully saturated rings. The summed E-state index contributed by atoms with van der Waals surface area (Å²) >= 11 is 0. The minimum Gasteiger partial charge on any atom is -0.381 e. The van der Waals surface area contributed by atoms with Crippen LogP contribution in [0.5, 0.6) is 0 Å². The Labute approximate surface area is 121 Å². The van der Waals surface area contributed by atoms with Crippen LogP contribution in [-0.4, -0.2) is 35.6 Å². The predicted molar refractivity (Wildman–Crippen MR) is 79.8 cm³/mol. The molecule has 0 bridgehead atoms. The Hall–Kier alpha value is -0.870. The van der Waals surface area contributed by atoms with E-state index in [9.17, 15) is 0 Å². The van der Waals surface area contributed by atoms with Gasteiger partial charge >= 0.3 is 0 Å². The van der Waals surface area contributed by atoms with Crippen molar-refractivity contribution in [1.82, 2.24) is 15.1 Å². The summed E-state index contributed by atoms with van der Waals surface area (Å²) in [7, 11) is 0. The zero-order chi connectivity index (χ0) is 13.8. The van der Waals surface area contributed by atoms with Gasteiger partial charge in [0.2, 0.25) is 0 Å². The Balaban J connectivity index is 1.61. The smallest absolute Gasteiger partial charge is 0.0628 e. The van der Waals surface area contributed by atoms with Crippen LogP contribution < -0.4 is 5.32 Å². The monoisotopic (exact) mass is 277 g/mol. The van der Waals surface area contributed by atoms with Crippen LogP contribution in [0.25, 0.3) is 0 Å². The van der Waals surface area contributed by atoms with Crippen molar-refractivity contribution >= 4 is 0 Å². The van der Waals surface area contributed by atoms with Crippen molar-refractivity contribution in [3.63, 3.8) is 0 Å². The fourth-order valence-corrected chi connectivity index (χ4v) is 3.66. The molecule has 1 aliphatic carbocycles. The van der Waals surface area contributed by atoms with E-state index in [1.54, 1.807) is 0 Å². The van der Waals surface area contributed by atoms with E-state index >= 15 is 0 Å². The molecule has 0 aromatic carbocycles. The molecule has 20 heavy (non-hydrogen) atoms. The minimum atomic E-state index is 0.565. The maximum absolute atomic E-state index is 5.66. The molecule has 2 aliphatic rings. The van der Waals surface area contributed by atoms with Crippen molar-refractivity contribution in [3.8, 4) is 0 Å². The number of hydrogen-bond donors (Lipinski definition) is 1. The van der Waals surface area contributed by atoms with Gasteiger partial charge in [-0.05, 0) is 38.3 Å². The molecule has 2 atom stereocenters. The number of aromatic nitrogens is 2. The third-order valence-corrected chi connectivity index (χ3v) is 4.77. The molecule has 3 rings (SSSR count). The number of rotatable bonds is 5. The summed E-state index contributed by atoms with van der Waals surface area (Å²) in [4.78, 5) is 0. The second-order valence-electron chi connectivity index (χ2n) is 6.22. The summed E-state index contributed by atoms with van der Waals surface area (Å²) in [6, 6.07) is 3.44. The molecule has 4 nitrogen and oxygen atoms in total. The average Bonchev–Trinajstić information content (AvgIpc) is 3.12. The van der Waals surface area contributed by atoms with Gasteiger partial charge in [-0.15, -0.1) is 0 Å². The topological polar surface area (TPSA) is 39.1 Å². The standard InChI is InChI=1S/C16H27N3O/c1-2-17-16-8-10-20-12-13(16)11-14-7-9-19(18-14)15-5-3-4-6-15/h7,9,13,15-17H,2-6,8,10-12H2,1H3. The van der Waals surface area contributed by atoms with E-state index < -0.39 is 0 Å². The maximum atomic E-state index is 5.66. The van der Waals surface area contributed by atoms with E-state index in [-0.39, 0.29) is 0 Å². The molecule has 1 aromatic heterocycles. The Morgan fingerprint density at radius 1 is 1.35 bits per heavy atom. The van der Waals surface area contributed by atoms with Crippen LogP contribution in [-0.2, 0) is 11.2 Å². The highest BCUT2D eigenvalue weighted by atomic mass is 16.5. The summed E-state index contributed by atoms with van der Waals surface area (Å²) in [5.41, 5.74) is 1.23. The minimum absolute atomic E-state index is 0.565. The van der Waals surface area contributed by atoms with Crippen LogP contribution in [0, 0.1) is 5.92 Å². The summed E-state index contributed by atoms with van der Waals surface area (Å²) in [6.45, 7) is 4.98. The molecule has 1 N–H and O–H groups in total. The number of nitrogens with one attached hydrogen (secondary N) is 1. The number of ether oxygens (including phenoxy) is 1. The highest BCUT2D eigenvalue weighted by Crippen LogP contribution is 2.29. The molecule has 2 heterocycles. The lowest BCUT2D eigenvalue weighted by Gasteiger charge is -2.31. The molecule has 1 saturated heterocycles. The molecular weight excluding hydrogens is 250 g/mol. The van der Waals surface area contributed by atoms with Crippen molar-refractivity contribution in [1.29, 1.82) is 0 Å². The van der Waals surface area contributed by atoms with E-state index in [0.717, 1.165) is 32.6 Å². The van der Waals surface area contributed by atoms with Crippen molar-refractivity contribution in [2.24, 2.45) is 5.92 Å². The summed E-state index contributed by atoms with van der Waals surface area (Å²) < 4.78 is 7.87. The molecule has 1 aromatic rings. The second-order valence-corrected chi connectivity index (χ2v) is 6.22. The zero-order valence-corrected chi connectivity index (χ0v) is 12.6. The summed E-state index contributed by atoms with van der Waals surface area (Å²) in [5, 5.41) is 8.42. The van der Waals surface area contributed by atoms with Gasteiger partial charge in [0.1, 0.15) is 0 Å². The molecule has 1 aliphatic heterocycles. The number of nitrogens with zero attached hydrogens (tertiary/aromatic N) is 2. The first-order valence-electron chi connectivity index (χ1n) is 8.22. The Morgan fingerprint density at radius 2 is 2.20 bits per heavy atom. The average molecular weight is 277 g/mol. The van der Waals surface area contributed by atoms with Crippen molar-refractivity contribution in [2.45, 2.75) is 57.5 Å². The van der Waals surface area contributed by atoms with Gasteiger partial charge < -0.3 is 10.1 Å². The van der Waals surface area contributed by atoms with Crippen LogP contribution in [0.15, 0.2) is 12.3 Å². The normalized spacial score (nSPS) is 28.1. The van der Waals surface area contributed by atoms with Gasteiger partial charge in [-0.3, -0.25) is 4.68 Å². The van der Waals surface area contributed by atoms with Crippen molar-refractivity contribution < 1.29 is 4.74 Å². The van der Waals surface area contributed by atoms with Crippen molar-refractivity contribution in [3.05, 3.63) is 18.0 Å². The van der Waals surface area contributed by atoms with Gasteiger partial charge in [0, 0.05) is 24.8 Å². The molecule has 0 spiro atoms. The van der Waals surface area contributed by atoms with E-state index in [1.807, 2.05) is 0 Å². The van der Waals surface area contributed by atoms with Gasteiger partial charge in [0.25, 0.3) is 0 Å². The van der Waals surface area contributed by atoms with Crippen LogP contribution in [0.2, 0.25) is 0 Å². The molecule has 0 amide bonds. The third kappa shape index (κ3) is 3.23. The summed E-state index contributed by atoms with van der Waals surface area (Å²) in [6.07, 6.45) is 9.66. The Kier molecular flexibility index (Phi) is 4.73. The fourth-order valence-electron chi connectivity index (χ4n) is 3.66. The second kappa shape index (κ2) is 6.72. The first-order valence-corrected chi connectivity index (χ1v) is 8.22. The zero-order valence-electron chi connectivity index (χ0n) is 12.6. The fraction of sp³-hybridized carbons (Fsp3) is 0.812. The summed E-state index contributed by atoms with van der Waals surface area (Å²) in [5.74, 6) is 0.565. The molecule has 112 valence electrons. The predicted octanol–water partition coefficient (Wildman–Crippen LogP) is 2.56. The molecule has 1 saturated carbocycles. The van der Waals surface area contributed by atoms with Gasteiger partial charge in [-0.2, -0.15) is 5.10 Å². The molecule has 0 radical (unpaired) electrons. The molecular formula is C16H27N3O. The van der Waals surface area contributed by atoms with Gasteiger partial charge in [-0.1, -0.05) is 19.8 Å².